The molecule has 0 atom stereocenters. The van der Waals surface area contributed by atoms with Gasteiger partial charge in [-0.3, -0.25) is 4.68 Å². The molecule has 25 heavy (non-hydrogen) atoms. The van der Waals surface area contributed by atoms with Crippen molar-refractivity contribution < 1.29 is 13.2 Å². The summed E-state index contributed by atoms with van der Waals surface area (Å²) in [5.41, 5.74) is 2.66. The van der Waals surface area contributed by atoms with Gasteiger partial charge in [-0.2, -0.15) is 18.3 Å². The highest BCUT2D eigenvalue weighted by atomic mass is 32.2. The van der Waals surface area contributed by atoms with Gasteiger partial charge in [-0.25, -0.2) is 0 Å². The second-order valence-electron chi connectivity index (χ2n) is 5.80. The molecule has 0 N–H and O–H groups in total. The maximum absolute atomic E-state index is 12.8. The lowest BCUT2D eigenvalue weighted by molar-refractivity contribution is -0.137. The fourth-order valence-corrected chi connectivity index (χ4v) is 3.51. The third kappa shape index (κ3) is 2.59. The molecule has 7 heteroatoms. The zero-order chi connectivity index (χ0) is 17.8. The second kappa shape index (κ2) is 5.56. The first kappa shape index (κ1) is 16.1. The van der Waals surface area contributed by atoms with E-state index < -0.39 is 11.7 Å². The van der Waals surface area contributed by atoms with Gasteiger partial charge < -0.3 is 4.57 Å². The summed E-state index contributed by atoms with van der Waals surface area (Å²) in [4.78, 5) is 1.12. The molecule has 0 saturated heterocycles. The Morgan fingerprint density at radius 1 is 1.00 bits per heavy atom. The lowest BCUT2D eigenvalue weighted by Gasteiger charge is -2.10. The van der Waals surface area contributed by atoms with Crippen LogP contribution in [0.3, 0.4) is 0 Å². The Kier molecular flexibility index (Phi) is 3.57. The number of nitrogens with zero attached hydrogens (tertiary/aromatic N) is 3. The predicted molar refractivity (Wildman–Crippen MR) is 94.3 cm³/mol. The van der Waals surface area contributed by atoms with Gasteiger partial charge in [0, 0.05) is 29.2 Å². The summed E-state index contributed by atoms with van der Waals surface area (Å²) in [6.45, 7) is 0. The SMILES string of the molecule is CSc1ccc2c(c1)c1nn(C)cc1n2-c1ccc(C(F)(F)F)cc1. The van der Waals surface area contributed by atoms with E-state index in [2.05, 4.69) is 11.2 Å². The van der Waals surface area contributed by atoms with Crippen molar-refractivity contribution in [3.63, 3.8) is 0 Å². The molecule has 0 amide bonds. The number of rotatable bonds is 2. The van der Waals surface area contributed by atoms with Crippen LogP contribution in [0.1, 0.15) is 5.56 Å². The molecule has 2 aromatic carbocycles. The number of halogens is 3. The van der Waals surface area contributed by atoms with E-state index in [4.69, 9.17) is 0 Å². The summed E-state index contributed by atoms with van der Waals surface area (Å²) >= 11 is 1.64. The van der Waals surface area contributed by atoms with Gasteiger partial charge in [0.1, 0.15) is 5.52 Å². The van der Waals surface area contributed by atoms with Gasteiger partial charge in [0.25, 0.3) is 0 Å². The van der Waals surface area contributed by atoms with E-state index in [-0.39, 0.29) is 0 Å². The number of aryl methyl sites for hydroxylation is 1. The van der Waals surface area contributed by atoms with Crippen molar-refractivity contribution in [1.29, 1.82) is 0 Å². The average molecular weight is 361 g/mol. The summed E-state index contributed by atoms with van der Waals surface area (Å²) in [5.74, 6) is 0. The Balaban J connectivity index is 1.99. The molecule has 4 rings (SSSR count). The molecular formula is C18H14F3N3S. The number of hydrogen-bond acceptors (Lipinski definition) is 2. The molecule has 0 aliphatic heterocycles. The third-order valence-electron chi connectivity index (χ3n) is 4.20. The molecule has 0 bridgehead atoms. The van der Waals surface area contributed by atoms with E-state index in [1.807, 2.05) is 36.2 Å². The first-order valence-electron chi connectivity index (χ1n) is 7.58. The molecule has 0 saturated carbocycles. The van der Waals surface area contributed by atoms with Crippen LogP contribution in [0.15, 0.2) is 53.6 Å². The van der Waals surface area contributed by atoms with Gasteiger partial charge in [0.2, 0.25) is 0 Å². The van der Waals surface area contributed by atoms with Crippen LogP contribution in [0.5, 0.6) is 0 Å². The molecule has 0 aliphatic carbocycles. The maximum Gasteiger partial charge on any atom is 0.416 e. The Bertz CT molecular complexity index is 1080. The highest BCUT2D eigenvalue weighted by Crippen LogP contribution is 2.35. The molecule has 0 aliphatic rings. The van der Waals surface area contributed by atoms with Gasteiger partial charge in [-0.05, 0) is 48.7 Å². The molecule has 0 unspecified atom stereocenters. The minimum atomic E-state index is -4.34. The van der Waals surface area contributed by atoms with Crippen molar-refractivity contribution in [1.82, 2.24) is 14.3 Å². The van der Waals surface area contributed by atoms with Crippen LogP contribution in [0.4, 0.5) is 13.2 Å². The van der Waals surface area contributed by atoms with Crippen LogP contribution in [-0.4, -0.2) is 20.6 Å². The van der Waals surface area contributed by atoms with Crippen molar-refractivity contribution in [2.24, 2.45) is 7.05 Å². The zero-order valence-corrected chi connectivity index (χ0v) is 14.3. The van der Waals surface area contributed by atoms with Crippen LogP contribution < -0.4 is 0 Å². The Labute approximate surface area is 146 Å². The minimum absolute atomic E-state index is 0.653. The molecule has 0 fully saturated rings. The summed E-state index contributed by atoms with van der Waals surface area (Å²) in [6, 6.07) is 11.3. The standard InChI is InChI=1S/C18H14F3N3S/c1-23-10-16-17(22-23)14-9-13(25-2)7-8-15(14)24(16)12-5-3-11(4-6-12)18(19,20)21/h3-10H,1-2H3. The van der Waals surface area contributed by atoms with Crippen molar-refractivity contribution in [2.75, 3.05) is 6.26 Å². The fourth-order valence-electron chi connectivity index (χ4n) is 3.07. The Hall–Kier alpha value is -2.41. The zero-order valence-electron chi connectivity index (χ0n) is 13.5. The van der Waals surface area contributed by atoms with Gasteiger partial charge in [-0.1, -0.05) is 0 Å². The van der Waals surface area contributed by atoms with Gasteiger partial charge >= 0.3 is 6.18 Å². The van der Waals surface area contributed by atoms with Crippen molar-refractivity contribution in [3.8, 4) is 5.69 Å². The quantitative estimate of drug-likeness (QED) is 0.455. The van der Waals surface area contributed by atoms with E-state index in [1.54, 1.807) is 16.4 Å². The maximum atomic E-state index is 12.8. The fraction of sp³-hybridized carbons (Fsp3) is 0.167. The summed E-state index contributed by atoms with van der Waals surface area (Å²) in [6.07, 6.45) is -0.455. The molecule has 128 valence electrons. The Morgan fingerprint density at radius 3 is 2.36 bits per heavy atom. The number of alkyl halides is 3. The molecule has 2 aromatic heterocycles. The smallest absolute Gasteiger partial charge is 0.306 e. The molecule has 2 heterocycles. The largest absolute Gasteiger partial charge is 0.416 e. The third-order valence-corrected chi connectivity index (χ3v) is 4.93. The molecule has 3 nitrogen and oxygen atoms in total. The topological polar surface area (TPSA) is 22.8 Å². The van der Waals surface area contributed by atoms with Gasteiger partial charge in [0.05, 0.1) is 16.6 Å². The van der Waals surface area contributed by atoms with E-state index in [0.29, 0.717) is 5.69 Å². The summed E-state index contributed by atoms with van der Waals surface area (Å²) in [7, 11) is 1.83. The summed E-state index contributed by atoms with van der Waals surface area (Å²) < 4.78 is 42.2. The van der Waals surface area contributed by atoms with Crippen LogP contribution in [-0.2, 0) is 13.2 Å². The number of aromatic nitrogens is 3. The average Bonchev–Trinajstić information content (AvgIpc) is 3.08. The van der Waals surface area contributed by atoms with Gasteiger partial charge in [-0.15, -0.1) is 11.8 Å². The normalized spacial score (nSPS) is 12.4. The van der Waals surface area contributed by atoms with E-state index in [0.717, 1.165) is 39.0 Å². The van der Waals surface area contributed by atoms with Crippen molar-refractivity contribution in [2.45, 2.75) is 11.1 Å². The van der Waals surface area contributed by atoms with Crippen molar-refractivity contribution >= 4 is 33.7 Å². The number of benzene rings is 2. The van der Waals surface area contributed by atoms with Crippen LogP contribution in [0.25, 0.3) is 27.6 Å². The van der Waals surface area contributed by atoms with E-state index in [9.17, 15) is 13.2 Å². The summed E-state index contributed by atoms with van der Waals surface area (Å²) in [5, 5.41) is 5.51. The lowest BCUT2D eigenvalue weighted by atomic mass is 10.2. The highest BCUT2D eigenvalue weighted by molar-refractivity contribution is 7.98. The number of hydrogen-bond donors (Lipinski definition) is 0. The lowest BCUT2D eigenvalue weighted by Crippen LogP contribution is -2.05. The van der Waals surface area contributed by atoms with Crippen LogP contribution >= 0.6 is 11.8 Å². The van der Waals surface area contributed by atoms with Gasteiger partial charge in [0.15, 0.2) is 0 Å². The molecule has 0 spiro atoms. The Morgan fingerprint density at radius 2 is 1.72 bits per heavy atom. The highest BCUT2D eigenvalue weighted by Gasteiger charge is 2.30. The molecule has 4 aromatic rings. The predicted octanol–water partition coefficient (Wildman–Crippen LogP) is 5.26. The second-order valence-corrected chi connectivity index (χ2v) is 6.68. The van der Waals surface area contributed by atoms with E-state index >= 15 is 0 Å². The van der Waals surface area contributed by atoms with Crippen molar-refractivity contribution in [3.05, 3.63) is 54.2 Å². The van der Waals surface area contributed by atoms with Crippen LogP contribution in [0, 0.1) is 0 Å². The monoisotopic (exact) mass is 361 g/mol. The minimum Gasteiger partial charge on any atom is -0.306 e. The van der Waals surface area contributed by atoms with E-state index in [1.165, 1.54) is 12.1 Å². The first-order valence-corrected chi connectivity index (χ1v) is 8.80. The first-order chi connectivity index (χ1) is 11.9. The molecular weight excluding hydrogens is 347 g/mol. The number of fused-ring (bicyclic) bond motifs is 3. The number of thioether (sulfide) groups is 1. The molecule has 0 radical (unpaired) electrons. The van der Waals surface area contributed by atoms with Crippen LogP contribution in [0.2, 0.25) is 0 Å².